The third kappa shape index (κ3) is 8.60. The second-order valence-electron chi connectivity index (χ2n) is 8.29. The molecule has 2 aromatic carbocycles. The lowest BCUT2D eigenvalue weighted by Crippen LogP contribution is -2.44. The summed E-state index contributed by atoms with van der Waals surface area (Å²) in [5.41, 5.74) is 3.13. The van der Waals surface area contributed by atoms with Gasteiger partial charge in [0.25, 0.3) is 0 Å². The van der Waals surface area contributed by atoms with Gasteiger partial charge in [0.1, 0.15) is 6.04 Å². The van der Waals surface area contributed by atoms with E-state index in [1.54, 1.807) is 30.0 Å². The Balaban J connectivity index is 1.56. The number of carbonyl (C=O) groups is 4. The highest BCUT2D eigenvalue weighted by atomic mass is 32.2. The van der Waals surface area contributed by atoms with Gasteiger partial charge in [-0.2, -0.15) is 0 Å². The molecule has 1 aliphatic heterocycles. The minimum Gasteiger partial charge on any atom is -0.481 e. The summed E-state index contributed by atoms with van der Waals surface area (Å²) >= 11 is 1.79. The molecule has 35 heavy (non-hydrogen) atoms. The third-order valence-corrected chi connectivity index (χ3v) is 6.67. The quantitative estimate of drug-likeness (QED) is 0.350. The second-order valence-corrected chi connectivity index (χ2v) is 9.40. The van der Waals surface area contributed by atoms with E-state index >= 15 is 0 Å². The van der Waals surface area contributed by atoms with Crippen LogP contribution in [0, 0.1) is 0 Å². The van der Waals surface area contributed by atoms with E-state index < -0.39 is 23.9 Å². The number of aliphatic carboxylic acids is 2. The van der Waals surface area contributed by atoms with Crippen molar-refractivity contribution in [3.8, 4) is 0 Å². The molecule has 0 radical (unpaired) electrons. The van der Waals surface area contributed by atoms with Gasteiger partial charge in [-0.25, -0.2) is 0 Å². The number of thioether (sulfide) groups is 1. The fourth-order valence-corrected chi connectivity index (χ4v) is 4.67. The third-order valence-electron chi connectivity index (χ3n) is 5.53. The fraction of sp³-hybridized carbons (Fsp3) is 0.308. The molecule has 2 aromatic rings. The molecule has 9 heteroatoms. The van der Waals surface area contributed by atoms with Crippen molar-refractivity contribution in [2.45, 2.75) is 49.8 Å². The van der Waals surface area contributed by atoms with E-state index in [1.807, 2.05) is 12.1 Å². The van der Waals surface area contributed by atoms with Gasteiger partial charge in [-0.05, 0) is 53.5 Å². The number of allylic oxidation sites excluding steroid dienone is 1. The molecule has 4 N–H and O–H groups in total. The van der Waals surface area contributed by atoms with Crippen molar-refractivity contribution in [3.63, 3.8) is 0 Å². The van der Waals surface area contributed by atoms with E-state index in [9.17, 15) is 19.2 Å². The highest BCUT2D eigenvalue weighted by molar-refractivity contribution is 8.02. The number of carboxylic acid groups (broad SMARTS) is 2. The van der Waals surface area contributed by atoms with Gasteiger partial charge in [-0.1, -0.05) is 42.5 Å². The van der Waals surface area contributed by atoms with Crippen LogP contribution in [-0.4, -0.2) is 40.0 Å². The summed E-state index contributed by atoms with van der Waals surface area (Å²) in [6.07, 6.45) is 3.26. The van der Waals surface area contributed by atoms with Crippen LogP contribution in [0.4, 0.5) is 5.69 Å². The van der Waals surface area contributed by atoms with Crippen LogP contribution in [-0.2, 0) is 32.0 Å². The molecule has 184 valence electrons. The standard InChI is InChI=1S/C26H28N2O6S/c29-23(12-8-17-6-9-19(10-7-17)22-5-2-14-35-22)28-21(11-13-24(30)31)26(34)27-20-4-1-3-18(15-20)16-25(32)33/h1-4,6-7,9-10,14-15,21-22H,5,8,11-13,16H2,(H,27,34)(H,28,29)(H,30,31)(H,32,33)/t21-,22?/m0/s1. The normalized spacial score (nSPS) is 15.4. The molecule has 0 aliphatic carbocycles. The average Bonchev–Trinajstić information content (AvgIpc) is 3.35. The second kappa shape index (κ2) is 12.8. The Morgan fingerprint density at radius 2 is 1.74 bits per heavy atom. The Morgan fingerprint density at radius 1 is 0.971 bits per heavy atom. The molecule has 8 nitrogen and oxygen atoms in total. The summed E-state index contributed by atoms with van der Waals surface area (Å²) in [5.74, 6) is -2.98. The largest absolute Gasteiger partial charge is 0.481 e. The molecule has 1 aliphatic rings. The number of amides is 2. The van der Waals surface area contributed by atoms with Crippen LogP contribution in [0.5, 0.6) is 0 Å². The molecule has 0 fully saturated rings. The van der Waals surface area contributed by atoms with Crippen LogP contribution in [0.1, 0.15) is 47.6 Å². The van der Waals surface area contributed by atoms with Gasteiger partial charge in [-0.15, -0.1) is 11.8 Å². The molecule has 0 bridgehead atoms. The number of hydrogen-bond acceptors (Lipinski definition) is 5. The first kappa shape index (κ1) is 26.0. The number of aryl methyl sites for hydroxylation is 1. The average molecular weight is 497 g/mol. The van der Waals surface area contributed by atoms with E-state index in [1.165, 1.54) is 11.6 Å². The van der Waals surface area contributed by atoms with E-state index in [0.29, 0.717) is 22.9 Å². The molecule has 0 saturated carbocycles. The maximum atomic E-state index is 12.8. The minimum atomic E-state index is -1.07. The summed E-state index contributed by atoms with van der Waals surface area (Å²) in [6, 6.07) is 13.5. The lowest BCUT2D eigenvalue weighted by molar-refractivity contribution is -0.138. The lowest BCUT2D eigenvalue weighted by Gasteiger charge is -2.18. The molecule has 2 amide bonds. The fourth-order valence-electron chi connectivity index (χ4n) is 3.72. The van der Waals surface area contributed by atoms with Crippen LogP contribution in [0.25, 0.3) is 0 Å². The molecule has 2 atom stereocenters. The number of carbonyl (C=O) groups excluding carboxylic acids is 2. The monoisotopic (exact) mass is 496 g/mol. The maximum absolute atomic E-state index is 12.8. The predicted molar refractivity (Wildman–Crippen MR) is 134 cm³/mol. The number of carboxylic acids is 2. The smallest absolute Gasteiger partial charge is 0.307 e. The highest BCUT2D eigenvalue weighted by Crippen LogP contribution is 2.38. The first-order valence-electron chi connectivity index (χ1n) is 11.3. The van der Waals surface area contributed by atoms with E-state index in [2.05, 4.69) is 34.3 Å². The van der Waals surface area contributed by atoms with Crippen molar-refractivity contribution in [2.24, 2.45) is 0 Å². The molecule has 3 rings (SSSR count). The molecular formula is C26H28N2O6S. The van der Waals surface area contributed by atoms with Gasteiger partial charge in [0.05, 0.1) is 6.42 Å². The van der Waals surface area contributed by atoms with Crippen LogP contribution < -0.4 is 10.6 Å². The van der Waals surface area contributed by atoms with E-state index in [-0.39, 0.29) is 31.6 Å². The van der Waals surface area contributed by atoms with Gasteiger partial charge in [-0.3, -0.25) is 19.2 Å². The Morgan fingerprint density at radius 3 is 2.40 bits per heavy atom. The number of hydrogen-bond donors (Lipinski definition) is 4. The summed E-state index contributed by atoms with van der Waals surface area (Å²) in [4.78, 5) is 47.3. The Hall–Kier alpha value is -3.59. The molecule has 0 aromatic heterocycles. The Kier molecular flexibility index (Phi) is 9.48. The van der Waals surface area contributed by atoms with Crippen molar-refractivity contribution >= 4 is 41.2 Å². The van der Waals surface area contributed by atoms with Crippen molar-refractivity contribution in [1.82, 2.24) is 5.32 Å². The SMILES string of the molecule is O=C(O)CC[C@H](NC(=O)CCc1ccc(C2CC=CS2)cc1)C(=O)Nc1cccc(CC(=O)O)c1. The zero-order chi connectivity index (χ0) is 25.2. The van der Waals surface area contributed by atoms with E-state index in [4.69, 9.17) is 10.2 Å². The molecule has 0 saturated heterocycles. The summed E-state index contributed by atoms with van der Waals surface area (Å²) in [5, 5.41) is 25.8. The first-order valence-corrected chi connectivity index (χ1v) is 12.3. The molecule has 1 unspecified atom stereocenters. The van der Waals surface area contributed by atoms with Gasteiger partial charge in [0.15, 0.2) is 0 Å². The molecule has 0 spiro atoms. The summed E-state index contributed by atoms with van der Waals surface area (Å²) in [7, 11) is 0. The van der Waals surface area contributed by atoms with Gasteiger partial charge in [0, 0.05) is 23.8 Å². The van der Waals surface area contributed by atoms with Crippen molar-refractivity contribution in [1.29, 1.82) is 0 Å². The number of anilines is 1. The van der Waals surface area contributed by atoms with Crippen LogP contribution in [0.15, 0.2) is 60.0 Å². The zero-order valence-electron chi connectivity index (χ0n) is 19.1. The van der Waals surface area contributed by atoms with Crippen molar-refractivity contribution in [2.75, 3.05) is 5.32 Å². The van der Waals surface area contributed by atoms with Crippen LogP contribution in [0.3, 0.4) is 0 Å². The van der Waals surface area contributed by atoms with E-state index in [0.717, 1.165) is 12.0 Å². The predicted octanol–water partition coefficient (Wildman–Crippen LogP) is 3.93. The van der Waals surface area contributed by atoms with Gasteiger partial charge in [0.2, 0.25) is 11.8 Å². The Bertz CT molecular complexity index is 1090. The Labute approximate surface area is 207 Å². The van der Waals surface area contributed by atoms with Crippen molar-refractivity contribution < 1.29 is 29.4 Å². The van der Waals surface area contributed by atoms with Crippen molar-refractivity contribution in [3.05, 3.63) is 76.7 Å². The topological polar surface area (TPSA) is 133 Å². The first-order chi connectivity index (χ1) is 16.8. The lowest BCUT2D eigenvalue weighted by atomic mass is 10.0. The maximum Gasteiger partial charge on any atom is 0.307 e. The number of rotatable bonds is 12. The van der Waals surface area contributed by atoms with Gasteiger partial charge < -0.3 is 20.8 Å². The van der Waals surface area contributed by atoms with Gasteiger partial charge >= 0.3 is 11.9 Å². The molecular weight excluding hydrogens is 468 g/mol. The summed E-state index contributed by atoms with van der Waals surface area (Å²) in [6.45, 7) is 0. The number of nitrogens with one attached hydrogen (secondary N) is 2. The van der Waals surface area contributed by atoms with Crippen LogP contribution in [0.2, 0.25) is 0 Å². The van der Waals surface area contributed by atoms with Crippen LogP contribution >= 0.6 is 11.8 Å². The summed E-state index contributed by atoms with van der Waals surface area (Å²) < 4.78 is 0. The number of benzene rings is 2. The highest BCUT2D eigenvalue weighted by Gasteiger charge is 2.22. The minimum absolute atomic E-state index is 0.0660. The molecule has 1 heterocycles. The zero-order valence-corrected chi connectivity index (χ0v) is 19.9.